The molecule has 10 heteroatoms. The maximum absolute atomic E-state index is 14.5. The Morgan fingerprint density at radius 3 is 2.23 bits per heavy atom. The van der Waals surface area contributed by atoms with Crippen LogP contribution in [-0.2, 0) is 32.6 Å². The van der Waals surface area contributed by atoms with Crippen molar-refractivity contribution in [3.63, 3.8) is 0 Å². The lowest BCUT2D eigenvalue weighted by Crippen LogP contribution is -2.52. The molecule has 3 aromatic carbocycles. The highest BCUT2D eigenvalue weighted by atomic mass is 79.9. The molecule has 1 aliphatic carbocycles. The van der Waals surface area contributed by atoms with Gasteiger partial charge < -0.3 is 10.2 Å². The molecule has 1 fully saturated rings. The minimum Gasteiger partial charge on any atom is -0.352 e. The van der Waals surface area contributed by atoms with Crippen LogP contribution in [0, 0.1) is 5.82 Å². The van der Waals surface area contributed by atoms with E-state index in [1.54, 1.807) is 11.0 Å². The maximum Gasteiger partial charge on any atom is 0.243 e. The molecule has 0 radical (unpaired) electrons. The molecule has 2 amide bonds. The van der Waals surface area contributed by atoms with E-state index in [9.17, 15) is 22.4 Å². The van der Waals surface area contributed by atoms with Crippen LogP contribution in [0.4, 0.5) is 10.1 Å². The lowest BCUT2D eigenvalue weighted by Gasteiger charge is -2.34. The van der Waals surface area contributed by atoms with Gasteiger partial charge in [0.25, 0.3) is 0 Å². The van der Waals surface area contributed by atoms with E-state index >= 15 is 0 Å². The van der Waals surface area contributed by atoms with Crippen molar-refractivity contribution in [1.29, 1.82) is 0 Å². The molecule has 0 aromatic heterocycles. The molecule has 1 aliphatic rings. The molecule has 7 nitrogen and oxygen atoms in total. The molecule has 1 atom stereocenters. The van der Waals surface area contributed by atoms with Crippen LogP contribution in [0.3, 0.4) is 0 Å². The van der Waals surface area contributed by atoms with Gasteiger partial charge in [0.15, 0.2) is 0 Å². The van der Waals surface area contributed by atoms with E-state index in [0.717, 1.165) is 58.3 Å². The van der Waals surface area contributed by atoms with Crippen molar-refractivity contribution in [2.75, 3.05) is 17.1 Å². The van der Waals surface area contributed by atoms with E-state index in [1.165, 1.54) is 18.2 Å². The van der Waals surface area contributed by atoms with Gasteiger partial charge in [-0.1, -0.05) is 89.8 Å². The number of halogens is 2. The maximum atomic E-state index is 14.5. The third kappa shape index (κ3) is 9.63. The van der Waals surface area contributed by atoms with Crippen LogP contribution in [-0.4, -0.2) is 50.0 Å². The topological polar surface area (TPSA) is 86.8 Å². The molecule has 0 bridgehead atoms. The minimum absolute atomic E-state index is 0.0149. The Labute approximate surface area is 262 Å². The Morgan fingerprint density at radius 1 is 0.930 bits per heavy atom. The van der Waals surface area contributed by atoms with Crippen LogP contribution >= 0.6 is 15.9 Å². The van der Waals surface area contributed by atoms with Crippen LogP contribution in [0.25, 0.3) is 0 Å². The van der Waals surface area contributed by atoms with Gasteiger partial charge in [0.2, 0.25) is 21.8 Å². The molecule has 0 spiro atoms. The van der Waals surface area contributed by atoms with Crippen molar-refractivity contribution in [2.45, 2.75) is 70.0 Å². The summed E-state index contributed by atoms with van der Waals surface area (Å²) in [4.78, 5) is 29.5. The molecule has 4 rings (SSSR count). The fourth-order valence-electron chi connectivity index (χ4n) is 5.52. The highest BCUT2D eigenvalue weighted by molar-refractivity contribution is 9.10. The summed E-state index contributed by atoms with van der Waals surface area (Å²) in [6.07, 6.45) is 6.62. The fraction of sp³-hybridized carbons (Fsp3) is 0.394. The van der Waals surface area contributed by atoms with Crippen molar-refractivity contribution in [3.05, 3.63) is 100 Å². The number of nitrogens with zero attached hydrogens (tertiary/aromatic N) is 2. The van der Waals surface area contributed by atoms with Crippen molar-refractivity contribution in [1.82, 2.24) is 10.2 Å². The second-order valence-corrected chi connectivity index (χ2v) is 13.9. The molecule has 1 N–H and O–H groups in total. The first-order valence-corrected chi connectivity index (χ1v) is 17.4. The van der Waals surface area contributed by atoms with E-state index in [0.29, 0.717) is 6.42 Å². The molecule has 1 unspecified atom stereocenters. The summed E-state index contributed by atoms with van der Waals surface area (Å²) < 4.78 is 41.5. The number of rotatable bonds is 13. The number of hydrogen-bond acceptors (Lipinski definition) is 4. The van der Waals surface area contributed by atoms with E-state index < -0.39 is 21.9 Å². The van der Waals surface area contributed by atoms with Crippen LogP contribution in [0.15, 0.2) is 83.3 Å². The third-order valence-electron chi connectivity index (χ3n) is 7.76. The first-order valence-electron chi connectivity index (χ1n) is 14.7. The monoisotopic (exact) mass is 671 g/mol. The van der Waals surface area contributed by atoms with E-state index in [1.807, 2.05) is 54.6 Å². The van der Waals surface area contributed by atoms with Gasteiger partial charge in [-0.05, 0) is 54.7 Å². The van der Waals surface area contributed by atoms with Crippen LogP contribution < -0.4 is 9.62 Å². The van der Waals surface area contributed by atoms with Crippen molar-refractivity contribution >= 4 is 43.5 Å². The number of hydrogen-bond donors (Lipinski definition) is 1. The summed E-state index contributed by atoms with van der Waals surface area (Å²) in [5, 5.41) is 3.22. The van der Waals surface area contributed by atoms with Crippen LogP contribution in [0.2, 0.25) is 0 Å². The smallest absolute Gasteiger partial charge is 0.243 e. The first kappa shape index (κ1) is 32.7. The zero-order chi connectivity index (χ0) is 30.8. The summed E-state index contributed by atoms with van der Waals surface area (Å²) in [7, 11) is -3.80. The molecular weight excluding hydrogens is 633 g/mol. The van der Waals surface area contributed by atoms with Gasteiger partial charge in [-0.15, -0.1) is 0 Å². The summed E-state index contributed by atoms with van der Waals surface area (Å²) in [6.45, 7) is 0.139. The minimum atomic E-state index is -3.80. The predicted octanol–water partition coefficient (Wildman–Crippen LogP) is 6.22. The van der Waals surface area contributed by atoms with E-state index in [4.69, 9.17) is 0 Å². The first-order chi connectivity index (χ1) is 20.6. The van der Waals surface area contributed by atoms with Crippen LogP contribution in [0.1, 0.15) is 56.1 Å². The summed E-state index contributed by atoms with van der Waals surface area (Å²) in [5.74, 6) is -1.12. The molecule has 0 heterocycles. The fourth-order valence-corrected chi connectivity index (χ4v) is 6.75. The highest BCUT2D eigenvalue weighted by Crippen LogP contribution is 2.24. The second-order valence-electron chi connectivity index (χ2n) is 11.1. The average molecular weight is 673 g/mol. The van der Waals surface area contributed by atoms with Gasteiger partial charge in [-0.25, -0.2) is 12.8 Å². The Balaban J connectivity index is 1.59. The Bertz CT molecular complexity index is 1460. The van der Waals surface area contributed by atoms with Crippen molar-refractivity contribution in [3.8, 4) is 0 Å². The van der Waals surface area contributed by atoms with Gasteiger partial charge in [-0.2, -0.15) is 0 Å². The normalized spacial score (nSPS) is 14.6. The number of amides is 2. The standard InChI is InChI=1S/C33H39BrFN3O4S/c1-43(41,42)38(30-16-9-8-15-29(30)35)22-10-17-32(39)37(24-26-18-20-27(34)21-19-26)31(23-25-11-4-2-5-12-25)33(40)36-28-13-6-3-7-14-28/h2,4-5,8-9,11-12,15-16,18-21,28,31H,3,6-7,10,13-14,17,22-24H2,1H3,(H,36,40). The number of para-hydroxylation sites is 1. The third-order valence-corrected chi connectivity index (χ3v) is 9.47. The number of nitrogens with one attached hydrogen (secondary N) is 1. The molecule has 0 aliphatic heterocycles. The molecule has 3 aromatic rings. The zero-order valence-electron chi connectivity index (χ0n) is 24.4. The SMILES string of the molecule is CS(=O)(=O)N(CCCC(=O)N(Cc1ccc(Br)cc1)C(Cc1ccccc1)C(=O)NC1CCCCC1)c1ccccc1F. The molecule has 230 valence electrons. The summed E-state index contributed by atoms with van der Waals surface area (Å²) >= 11 is 3.46. The van der Waals surface area contributed by atoms with Gasteiger partial charge in [0.05, 0.1) is 11.9 Å². The van der Waals surface area contributed by atoms with Crippen molar-refractivity contribution in [2.24, 2.45) is 0 Å². The predicted molar refractivity (Wildman–Crippen MR) is 171 cm³/mol. The Kier molecular flexibility index (Phi) is 11.8. The number of carbonyl (C=O) groups excluding carboxylic acids is 2. The van der Waals surface area contributed by atoms with Gasteiger partial charge in [0.1, 0.15) is 11.9 Å². The number of benzene rings is 3. The van der Waals surface area contributed by atoms with Crippen molar-refractivity contribution < 1.29 is 22.4 Å². The molecule has 0 saturated heterocycles. The lowest BCUT2D eigenvalue weighted by atomic mass is 9.94. The quantitative estimate of drug-likeness (QED) is 0.234. The number of anilines is 1. The van der Waals surface area contributed by atoms with Gasteiger partial charge >= 0.3 is 0 Å². The summed E-state index contributed by atoms with van der Waals surface area (Å²) in [5.41, 5.74) is 1.74. The average Bonchev–Trinajstić information content (AvgIpc) is 2.99. The van der Waals surface area contributed by atoms with Gasteiger partial charge in [0, 0.05) is 36.4 Å². The molecule has 1 saturated carbocycles. The largest absolute Gasteiger partial charge is 0.352 e. The molecular formula is C33H39BrFN3O4S. The lowest BCUT2D eigenvalue weighted by molar-refractivity contribution is -0.141. The summed E-state index contributed by atoms with van der Waals surface area (Å²) in [6, 6.07) is 22.2. The second kappa shape index (κ2) is 15.5. The van der Waals surface area contributed by atoms with E-state index in [2.05, 4.69) is 21.2 Å². The zero-order valence-corrected chi connectivity index (χ0v) is 26.8. The Morgan fingerprint density at radius 2 is 1.58 bits per heavy atom. The number of carbonyl (C=O) groups is 2. The number of sulfonamides is 1. The Hall–Kier alpha value is -3.24. The highest BCUT2D eigenvalue weighted by Gasteiger charge is 2.32. The van der Waals surface area contributed by atoms with E-state index in [-0.39, 0.29) is 49.5 Å². The van der Waals surface area contributed by atoms with Gasteiger partial charge in [-0.3, -0.25) is 13.9 Å². The van der Waals surface area contributed by atoms with Crippen LogP contribution in [0.5, 0.6) is 0 Å². The molecule has 43 heavy (non-hydrogen) atoms.